The van der Waals surface area contributed by atoms with E-state index >= 15 is 0 Å². The molecule has 0 unspecified atom stereocenters. The van der Waals surface area contributed by atoms with E-state index in [4.69, 9.17) is 19.3 Å². The number of para-hydroxylation sites is 1. The zero-order valence-electron chi connectivity index (χ0n) is 18.5. The van der Waals surface area contributed by atoms with Crippen molar-refractivity contribution in [3.8, 4) is 11.5 Å². The third-order valence-corrected chi connectivity index (χ3v) is 4.84. The molecule has 0 aliphatic rings. The minimum absolute atomic E-state index is 0.118. The van der Waals surface area contributed by atoms with Crippen LogP contribution in [0.15, 0.2) is 84.9 Å². The van der Waals surface area contributed by atoms with Gasteiger partial charge in [0.1, 0.15) is 24.2 Å². The Bertz CT molecular complexity index is 1030. The van der Waals surface area contributed by atoms with Crippen molar-refractivity contribution in [3.63, 3.8) is 0 Å². The molecule has 0 aliphatic heterocycles. The molecular formula is C26H27NO7. The maximum atomic E-state index is 12.7. The van der Waals surface area contributed by atoms with Crippen LogP contribution in [0.2, 0.25) is 0 Å². The number of aliphatic hydroxyl groups is 2. The summed E-state index contributed by atoms with van der Waals surface area (Å²) in [6.45, 7) is -0.181. The molecule has 3 rings (SSSR count). The zero-order valence-corrected chi connectivity index (χ0v) is 18.5. The fourth-order valence-corrected chi connectivity index (χ4v) is 3.25. The highest BCUT2D eigenvalue weighted by Gasteiger charge is 2.29. The predicted molar refractivity (Wildman–Crippen MR) is 125 cm³/mol. The molecule has 2 amide bonds. The fraction of sp³-hybridized carbons (Fsp3) is 0.231. The van der Waals surface area contributed by atoms with Crippen LogP contribution in [0.5, 0.6) is 11.5 Å². The summed E-state index contributed by atoms with van der Waals surface area (Å²) in [6, 6.07) is 24.0. The van der Waals surface area contributed by atoms with E-state index in [0.29, 0.717) is 22.6 Å². The number of rotatable bonds is 11. The van der Waals surface area contributed by atoms with Gasteiger partial charge in [-0.2, -0.15) is 0 Å². The van der Waals surface area contributed by atoms with Crippen molar-refractivity contribution < 1.29 is 34.0 Å². The van der Waals surface area contributed by atoms with Crippen molar-refractivity contribution in [2.75, 3.05) is 19.8 Å². The van der Waals surface area contributed by atoms with Crippen LogP contribution in [0.1, 0.15) is 28.4 Å². The summed E-state index contributed by atoms with van der Waals surface area (Å²) in [7, 11) is 0. The highest BCUT2D eigenvalue weighted by molar-refractivity contribution is 6.02. The Kier molecular flexibility index (Phi) is 9.45. The van der Waals surface area contributed by atoms with Crippen molar-refractivity contribution in [3.05, 3.63) is 96.1 Å². The molecule has 34 heavy (non-hydrogen) atoms. The minimum atomic E-state index is -0.945. The Morgan fingerprint density at radius 2 is 1.44 bits per heavy atom. The lowest BCUT2D eigenvalue weighted by molar-refractivity contribution is 0.00386. The van der Waals surface area contributed by atoms with Crippen molar-refractivity contribution in [1.29, 1.82) is 0 Å². The highest BCUT2D eigenvalue weighted by Crippen LogP contribution is 2.29. The quantitative estimate of drug-likeness (QED) is 0.397. The summed E-state index contributed by atoms with van der Waals surface area (Å²) in [5.74, 6) is 0.473. The maximum Gasteiger partial charge on any atom is 0.414 e. The van der Waals surface area contributed by atoms with Crippen molar-refractivity contribution in [1.82, 2.24) is 5.32 Å². The van der Waals surface area contributed by atoms with Gasteiger partial charge in [0.2, 0.25) is 0 Å². The van der Waals surface area contributed by atoms with Crippen LogP contribution in [0, 0.1) is 0 Å². The molecule has 0 saturated carbocycles. The Labute approximate surface area is 197 Å². The van der Waals surface area contributed by atoms with Gasteiger partial charge in [0.05, 0.1) is 6.61 Å². The minimum Gasteiger partial charge on any atom is -0.491 e. The standard InChI is InChI=1S/C26H27NO7/c28-16-15-23(33-22-9-5-2-6-10-22)24(19-11-13-21(14-12-19)32-18-17-29)34-26(31)27-25(30)20-7-3-1-4-8-20/h1-14,23-24,28-29H,15-18H2,(H,27,30,31)/t23-,24-/m1/s1. The summed E-state index contributed by atoms with van der Waals surface area (Å²) in [4.78, 5) is 25.0. The molecule has 0 bridgehead atoms. The lowest BCUT2D eigenvalue weighted by Crippen LogP contribution is -2.36. The molecule has 3 aromatic rings. The molecule has 3 aromatic carbocycles. The first-order chi connectivity index (χ1) is 16.6. The summed E-state index contributed by atoms with van der Waals surface area (Å²) in [5.41, 5.74) is 0.891. The number of amides is 2. The molecule has 0 fully saturated rings. The van der Waals surface area contributed by atoms with Gasteiger partial charge in [-0.1, -0.05) is 48.5 Å². The number of carbonyl (C=O) groups excluding carboxylic acids is 2. The third kappa shape index (κ3) is 7.33. The van der Waals surface area contributed by atoms with Crippen molar-refractivity contribution in [2.45, 2.75) is 18.6 Å². The Hall–Kier alpha value is -3.88. The Balaban J connectivity index is 1.82. The van der Waals surface area contributed by atoms with E-state index in [0.717, 1.165) is 0 Å². The number of ether oxygens (including phenoxy) is 3. The molecule has 8 nitrogen and oxygen atoms in total. The van der Waals surface area contributed by atoms with Gasteiger partial charge in [-0.25, -0.2) is 4.79 Å². The van der Waals surface area contributed by atoms with Crippen LogP contribution in [0.3, 0.4) is 0 Å². The largest absolute Gasteiger partial charge is 0.491 e. The number of nitrogens with one attached hydrogen (secondary N) is 1. The smallest absolute Gasteiger partial charge is 0.414 e. The number of alkyl carbamates (subject to hydrolysis) is 1. The summed E-state index contributed by atoms with van der Waals surface area (Å²) in [6.07, 6.45) is -2.46. The molecular weight excluding hydrogens is 438 g/mol. The van der Waals surface area contributed by atoms with Gasteiger partial charge in [0, 0.05) is 18.6 Å². The number of carbonyl (C=O) groups is 2. The van der Waals surface area contributed by atoms with E-state index in [1.807, 2.05) is 6.07 Å². The SMILES string of the molecule is O=C(NC(=O)c1ccccc1)O[C@H](c1ccc(OCCO)cc1)[C@@H](CCO)Oc1ccccc1. The number of aliphatic hydroxyl groups excluding tert-OH is 2. The van der Waals surface area contributed by atoms with Crippen LogP contribution in [-0.2, 0) is 4.74 Å². The Morgan fingerprint density at radius 3 is 2.06 bits per heavy atom. The average Bonchev–Trinajstić information content (AvgIpc) is 2.87. The first-order valence-electron chi connectivity index (χ1n) is 10.8. The molecule has 0 heterocycles. The average molecular weight is 466 g/mol. The van der Waals surface area contributed by atoms with Crippen molar-refractivity contribution in [2.24, 2.45) is 0 Å². The molecule has 2 atom stereocenters. The first kappa shape index (κ1) is 24.8. The monoisotopic (exact) mass is 465 g/mol. The van der Waals surface area contributed by atoms with Gasteiger partial charge in [0.15, 0.2) is 6.10 Å². The second-order valence-electron chi connectivity index (χ2n) is 7.27. The third-order valence-electron chi connectivity index (χ3n) is 4.84. The molecule has 0 aliphatic carbocycles. The van der Waals surface area contributed by atoms with E-state index in [9.17, 15) is 14.7 Å². The zero-order chi connectivity index (χ0) is 24.2. The number of imide groups is 1. The van der Waals surface area contributed by atoms with Crippen LogP contribution in [0.4, 0.5) is 4.79 Å². The van der Waals surface area contributed by atoms with Crippen LogP contribution < -0.4 is 14.8 Å². The number of hydrogen-bond acceptors (Lipinski definition) is 7. The molecule has 8 heteroatoms. The molecule has 3 N–H and O–H groups in total. The predicted octanol–water partition coefficient (Wildman–Crippen LogP) is 3.50. The van der Waals surface area contributed by atoms with Gasteiger partial charge >= 0.3 is 6.09 Å². The van der Waals surface area contributed by atoms with Gasteiger partial charge in [-0.3, -0.25) is 10.1 Å². The van der Waals surface area contributed by atoms with Gasteiger partial charge in [-0.05, 0) is 42.0 Å². The second kappa shape index (κ2) is 13.0. The van der Waals surface area contributed by atoms with E-state index in [-0.39, 0.29) is 26.2 Å². The van der Waals surface area contributed by atoms with Gasteiger partial charge in [-0.15, -0.1) is 0 Å². The summed E-state index contributed by atoms with van der Waals surface area (Å²) in [5, 5.41) is 20.8. The van der Waals surface area contributed by atoms with E-state index in [1.165, 1.54) is 0 Å². The first-order valence-corrected chi connectivity index (χ1v) is 10.8. The molecule has 0 saturated heterocycles. The van der Waals surface area contributed by atoms with Crippen molar-refractivity contribution >= 4 is 12.0 Å². The number of hydrogen-bond donors (Lipinski definition) is 3. The van der Waals surface area contributed by atoms with Gasteiger partial charge in [0.25, 0.3) is 5.91 Å². The van der Waals surface area contributed by atoms with Crippen LogP contribution in [0.25, 0.3) is 0 Å². The topological polar surface area (TPSA) is 114 Å². The molecule has 0 aromatic heterocycles. The van der Waals surface area contributed by atoms with Gasteiger partial charge < -0.3 is 24.4 Å². The lowest BCUT2D eigenvalue weighted by atomic mass is 10.0. The van der Waals surface area contributed by atoms with Crippen LogP contribution >= 0.6 is 0 Å². The number of benzene rings is 3. The highest BCUT2D eigenvalue weighted by atomic mass is 16.6. The summed E-state index contributed by atoms with van der Waals surface area (Å²) < 4.78 is 17.1. The maximum absolute atomic E-state index is 12.7. The van der Waals surface area contributed by atoms with E-state index < -0.39 is 24.2 Å². The molecule has 0 radical (unpaired) electrons. The van der Waals surface area contributed by atoms with E-state index in [1.54, 1.807) is 78.9 Å². The fourth-order valence-electron chi connectivity index (χ4n) is 3.25. The summed E-state index contributed by atoms with van der Waals surface area (Å²) >= 11 is 0. The molecule has 0 spiro atoms. The second-order valence-corrected chi connectivity index (χ2v) is 7.27. The lowest BCUT2D eigenvalue weighted by Gasteiger charge is -2.28. The normalized spacial score (nSPS) is 12.3. The van der Waals surface area contributed by atoms with Crippen LogP contribution in [-0.4, -0.2) is 48.1 Å². The Morgan fingerprint density at radius 1 is 0.794 bits per heavy atom. The molecule has 178 valence electrons. The van der Waals surface area contributed by atoms with E-state index in [2.05, 4.69) is 5.32 Å².